The molecule has 0 aliphatic heterocycles. The van der Waals surface area contributed by atoms with E-state index < -0.39 is 12.0 Å². The number of carboxylic acid groups (broad SMARTS) is 1. The van der Waals surface area contributed by atoms with Gasteiger partial charge in [-0.1, -0.05) is 13.8 Å². The van der Waals surface area contributed by atoms with E-state index in [0.29, 0.717) is 25.0 Å². The smallest absolute Gasteiger partial charge is 0.335 e. The highest BCUT2D eigenvalue weighted by Crippen LogP contribution is 2.26. The van der Waals surface area contributed by atoms with Crippen molar-refractivity contribution >= 4 is 11.9 Å². The molecule has 0 amide bonds. The molecular formula is C13H21NO4. The molecule has 0 heterocycles. The minimum atomic E-state index is -0.896. The van der Waals surface area contributed by atoms with Gasteiger partial charge in [0.25, 0.3) is 0 Å². The zero-order valence-corrected chi connectivity index (χ0v) is 11.2. The predicted octanol–water partition coefficient (Wildman–Crippen LogP) is 1.69. The number of hydrogen-bond acceptors (Lipinski definition) is 4. The van der Waals surface area contributed by atoms with E-state index in [4.69, 9.17) is 9.84 Å². The van der Waals surface area contributed by atoms with Gasteiger partial charge in [-0.3, -0.25) is 0 Å². The van der Waals surface area contributed by atoms with Gasteiger partial charge in [-0.05, 0) is 32.1 Å². The Morgan fingerprint density at radius 1 is 1.39 bits per heavy atom. The van der Waals surface area contributed by atoms with Gasteiger partial charge in [-0.15, -0.1) is 0 Å². The van der Waals surface area contributed by atoms with E-state index in [9.17, 15) is 9.59 Å². The fraction of sp³-hybridized carbons (Fsp3) is 0.692. The minimum Gasteiger partial charge on any atom is -0.480 e. The highest BCUT2D eigenvalue weighted by atomic mass is 16.5. The molecule has 1 unspecified atom stereocenters. The molecule has 0 bridgehead atoms. The standard InChI is InChI=1S/C13H21NO4/c1-4-18-13(17)9-6-5-7-10(9)14-11(8(2)3)12(15)16/h8,11,14H,4-7H2,1-3H3,(H,15,16). The maximum atomic E-state index is 11.7. The first-order chi connectivity index (χ1) is 8.47. The number of carbonyl (C=O) groups excluding carboxylic acids is 1. The lowest BCUT2D eigenvalue weighted by molar-refractivity contribution is -0.141. The SMILES string of the molecule is CCOC(=O)C1=C(NC(C(=O)O)C(C)C)CCC1. The number of allylic oxidation sites excluding steroid dienone is 1. The number of carbonyl (C=O) groups is 2. The molecule has 102 valence electrons. The Balaban J connectivity index is 2.82. The Labute approximate surface area is 107 Å². The van der Waals surface area contributed by atoms with E-state index in [0.717, 1.165) is 12.1 Å². The summed E-state index contributed by atoms with van der Waals surface area (Å²) in [5.74, 6) is -1.27. The summed E-state index contributed by atoms with van der Waals surface area (Å²) in [4.78, 5) is 22.8. The lowest BCUT2D eigenvalue weighted by atomic mass is 10.0. The van der Waals surface area contributed by atoms with Gasteiger partial charge in [0.15, 0.2) is 0 Å². The normalized spacial score (nSPS) is 16.9. The van der Waals surface area contributed by atoms with Crippen LogP contribution < -0.4 is 5.32 Å². The van der Waals surface area contributed by atoms with Crippen molar-refractivity contribution in [2.45, 2.75) is 46.1 Å². The first-order valence-electron chi connectivity index (χ1n) is 6.35. The summed E-state index contributed by atoms with van der Waals surface area (Å²) in [5.41, 5.74) is 1.33. The third kappa shape index (κ3) is 3.48. The highest BCUT2D eigenvalue weighted by Gasteiger charge is 2.27. The molecule has 1 aliphatic rings. The topological polar surface area (TPSA) is 75.6 Å². The van der Waals surface area contributed by atoms with Gasteiger partial charge in [0.05, 0.1) is 12.2 Å². The van der Waals surface area contributed by atoms with Crippen LogP contribution in [0.15, 0.2) is 11.3 Å². The van der Waals surface area contributed by atoms with Crippen molar-refractivity contribution < 1.29 is 19.4 Å². The van der Waals surface area contributed by atoms with E-state index in [1.807, 2.05) is 13.8 Å². The summed E-state index contributed by atoms with van der Waals surface area (Å²) in [7, 11) is 0. The molecule has 0 spiro atoms. The number of nitrogens with one attached hydrogen (secondary N) is 1. The van der Waals surface area contributed by atoms with Gasteiger partial charge in [0, 0.05) is 5.70 Å². The first-order valence-corrected chi connectivity index (χ1v) is 6.35. The summed E-state index contributed by atoms with van der Waals surface area (Å²) in [6.07, 6.45) is 2.23. The monoisotopic (exact) mass is 255 g/mol. The number of aliphatic carboxylic acids is 1. The number of esters is 1. The summed E-state index contributed by atoms with van der Waals surface area (Å²) < 4.78 is 4.97. The van der Waals surface area contributed by atoms with Crippen molar-refractivity contribution in [1.82, 2.24) is 5.32 Å². The number of carboxylic acids is 1. The molecule has 0 radical (unpaired) electrons. The maximum absolute atomic E-state index is 11.7. The van der Waals surface area contributed by atoms with E-state index >= 15 is 0 Å². The molecule has 0 fully saturated rings. The number of rotatable bonds is 6. The second kappa shape index (κ2) is 6.42. The summed E-state index contributed by atoms with van der Waals surface area (Å²) in [6, 6.07) is -0.664. The fourth-order valence-corrected chi connectivity index (χ4v) is 2.05. The largest absolute Gasteiger partial charge is 0.480 e. The Morgan fingerprint density at radius 3 is 2.56 bits per heavy atom. The molecule has 2 N–H and O–H groups in total. The second-order valence-corrected chi connectivity index (χ2v) is 4.74. The molecule has 1 rings (SSSR count). The third-order valence-electron chi connectivity index (χ3n) is 3.00. The Kier molecular flexibility index (Phi) is 5.19. The molecule has 18 heavy (non-hydrogen) atoms. The zero-order chi connectivity index (χ0) is 13.7. The average molecular weight is 255 g/mol. The van der Waals surface area contributed by atoms with Crippen LogP contribution in [0, 0.1) is 5.92 Å². The van der Waals surface area contributed by atoms with Crippen LogP contribution in [0.5, 0.6) is 0 Å². The van der Waals surface area contributed by atoms with Crippen molar-refractivity contribution in [3.05, 3.63) is 11.3 Å². The fourth-order valence-electron chi connectivity index (χ4n) is 2.05. The van der Waals surface area contributed by atoms with Gasteiger partial charge in [-0.2, -0.15) is 0 Å². The van der Waals surface area contributed by atoms with Gasteiger partial charge in [0.2, 0.25) is 0 Å². The van der Waals surface area contributed by atoms with Crippen LogP contribution >= 0.6 is 0 Å². The van der Waals surface area contributed by atoms with E-state index in [1.165, 1.54) is 0 Å². The Hall–Kier alpha value is -1.52. The lowest BCUT2D eigenvalue weighted by Gasteiger charge is -2.20. The van der Waals surface area contributed by atoms with E-state index in [1.54, 1.807) is 6.92 Å². The highest BCUT2D eigenvalue weighted by molar-refractivity contribution is 5.90. The van der Waals surface area contributed by atoms with Crippen molar-refractivity contribution in [1.29, 1.82) is 0 Å². The maximum Gasteiger partial charge on any atom is 0.335 e. The van der Waals surface area contributed by atoms with Crippen LogP contribution in [0.1, 0.15) is 40.0 Å². The quantitative estimate of drug-likeness (QED) is 0.706. The minimum absolute atomic E-state index is 0.0426. The van der Waals surface area contributed by atoms with Crippen molar-refractivity contribution in [2.24, 2.45) is 5.92 Å². The van der Waals surface area contributed by atoms with Crippen LogP contribution in [-0.2, 0) is 14.3 Å². The molecule has 0 saturated heterocycles. The van der Waals surface area contributed by atoms with Crippen LogP contribution in [0.25, 0.3) is 0 Å². The van der Waals surface area contributed by atoms with Gasteiger partial charge in [0.1, 0.15) is 6.04 Å². The second-order valence-electron chi connectivity index (χ2n) is 4.74. The first kappa shape index (κ1) is 14.5. The van der Waals surface area contributed by atoms with Crippen LogP contribution in [0.3, 0.4) is 0 Å². The molecular weight excluding hydrogens is 234 g/mol. The Morgan fingerprint density at radius 2 is 2.06 bits per heavy atom. The zero-order valence-electron chi connectivity index (χ0n) is 11.2. The molecule has 1 atom stereocenters. The van der Waals surface area contributed by atoms with Crippen LogP contribution in [0.2, 0.25) is 0 Å². The van der Waals surface area contributed by atoms with Crippen molar-refractivity contribution in [3.63, 3.8) is 0 Å². The summed E-state index contributed by atoms with van der Waals surface area (Å²) >= 11 is 0. The van der Waals surface area contributed by atoms with Gasteiger partial charge in [-0.25, -0.2) is 9.59 Å². The van der Waals surface area contributed by atoms with E-state index in [-0.39, 0.29) is 11.9 Å². The predicted molar refractivity (Wildman–Crippen MR) is 66.9 cm³/mol. The number of ether oxygens (including phenoxy) is 1. The lowest BCUT2D eigenvalue weighted by Crippen LogP contribution is -2.40. The Bertz CT molecular complexity index is 360. The average Bonchev–Trinajstić information content (AvgIpc) is 2.73. The molecule has 0 aromatic heterocycles. The van der Waals surface area contributed by atoms with Crippen LogP contribution in [-0.4, -0.2) is 29.7 Å². The molecule has 5 nitrogen and oxygen atoms in total. The molecule has 1 aliphatic carbocycles. The molecule has 5 heteroatoms. The summed E-state index contributed by atoms with van der Waals surface area (Å²) in [6.45, 7) is 5.77. The van der Waals surface area contributed by atoms with Crippen LogP contribution in [0.4, 0.5) is 0 Å². The van der Waals surface area contributed by atoms with Gasteiger partial charge < -0.3 is 15.2 Å². The van der Waals surface area contributed by atoms with Crippen molar-refractivity contribution in [3.8, 4) is 0 Å². The molecule has 0 aromatic carbocycles. The molecule has 0 saturated carbocycles. The molecule has 0 aromatic rings. The van der Waals surface area contributed by atoms with E-state index in [2.05, 4.69) is 5.32 Å². The number of hydrogen-bond donors (Lipinski definition) is 2. The van der Waals surface area contributed by atoms with Crippen molar-refractivity contribution in [2.75, 3.05) is 6.61 Å². The summed E-state index contributed by atoms with van der Waals surface area (Å²) in [5, 5.41) is 12.1. The third-order valence-corrected chi connectivity index (χ3v) is 3.00. The van der Waals surface area contributed by atoms with Gasteiger partial charge >= 0.3 is 11.9 Å².